The second-order valence-corrected chi connectivity index (χ2v) is 7.38. The maximum atomic E-state index is 12.1. The number of aliphatic carboxylic acids is 1. The summed E-state index contributed by atoms with van der Waals surface area (Å²) in [6.07, 6.45) is -2.16. The summed E-state index contributed by atoms with van der Waals surface area (Å²) < 4.78 is 9.99. The topological polar surface area (TPSA) is 152 Å². The first-order valence-electron chi connectivity index (χ1n) is 10.4. The van der Waals surface area contributed by atoms with Gasteiger partial charge in [-0.1, -0.05) is 48.5 Å². The molecule has 0 spiro atoms. The zero-order valence-corrected chi connectivity index (χ0v) is 18.4. The Bertz CT molecular complexity index is 1010. The highest BCUT2D eigenvalue weighted by molar-refractivity contribution is 5.87. The molecule has 2 aromatic rings. The molecule has 34 heavy (non-hydrogen) atoms. The smallest absolute Gasteiger partial charge is 0.407 e. The summed E-state index contributed by atoms with van der Waals surface area (Å²) in [5, 5.41) is 13.5. The van der Waals surface area contributed by atoms with E-state index in [1.165, 1.54) is 7.11 Å². The van der Waals surface area contributed by atoms with Gasteiger partial charge in [0.25, 0.3) is 5.91 Å². The van der Waals surface area contributed by atoms with Crippen LogP contribution in [0.3, 0.4) is 0 Å². The molecule has 0 fully saturated rings. The van der Waals surface area contributed by atoms with Gasteiger partial charge in [0.2, 0.25) is 12.0 Å². The average molecular weight is 471 g/mol. The zero-order valence-electron chi connectivity index (χ0n) is 18.4. The molecule has 0 bridgehead atoms. The van der Waals surface area contributed by atoms with Gasteiger partial charge in [-0.25, -0.2) is 15.1 Å². The van der Waals surface area contributed by atoms with E-state index in [2.05, 4.69) is 15.4 Å². The Balaban J connectivity index is 1.39. The van der Waals surface area contributed by atoms with Gasteiger partial charge in [-0.2, -0.15) is 0 Å². The van der Waals surface area contributed by atoms with E-state index in [0.29, 0.717) is 0 Å². The number of amides is 3. The number of carboxylic acids is 1. The summed E-state index contributed by atoms with van der Waals surface area (Å²) >= 11 is 0. The van der Waals surface area contributed by atoms with Gasteiger partial charge < -0.3 is 25.2 Å². The zero-order chi connectivity index (χ0) is 24.5. The van der Waals surface area contributed by atoms with Gasteiger partial charge in [-0.15, -0.1) is 0 Å². The van der Waals surface area contributed by atoms with E-state index in [9.17, 15) is 19.2 Å². The van der Waals surface area contributed by atoms with Crippen LogP contribution in [0.2, 0.25) is 0 Å². The van der Waals surface area contributed by atoms with Gasteiger partial charge in [0.1, 0.15) is 13.2 Å². The summed E-state index contributed by atoms with van der Waals surface area (Å²) in [7, 11) is 1.28. The molecule has 0 heterocycles. The fraction of sp³-hybridized carbons (Fsp3) is 0.304. The van der Waals surface area contributed by atoms with Crippen LogP contribution >= 0.6 is 0 Å². The molecule has 4 N–H and O–H groups in total. The number of benzene rings is 2. The summed E-state index contributed by atoms with van der Waals surface area (Å²) in [4.78, 5) is 51.2. The number of methoxy groups -OCH3 is 1. The highest BCUT2D eigenvalue weighted by atomic mass is 16.7. The van der Waals surface area contributed by atoms with E-state index in [-0.39, 0.29) is 19.1 Å². The molecule has 1 aliphatic rings. The van der Waals surface area contributed by atoms with Gasteiger partial charge in [0.05, 0.1) is 13.2 Å². The van der Waals surface area contributed by atoms with Crippen molar-refractivity contribution >= 4 is 23.9 Å². The quantitative estimate of drug-likeness (QED) is 0.351. The number of hydrogen-bond acceptors (Lipinski definition) is 7. The second-order valence-electron chi connectivity index (χ2n) is 7.38. The van der Waals surface area contributed by atoms with Gasteiger partial charge in [-0.05, 0) is 22.3 Å². The Hall–Kier alpha value is -3.96. The molecule has 2 aromatic carbocycles. The first-order valence-corrected chi connectivity index (χ1v) is 10.4. The van der Waals surface area contributed by atoms with Gasteiger partial charge >= 0.3 is 12.1 Å². The van der Waals surface area contributed by atoms with Crippen LogP contribution in [0.5, 0.6) is 0 Å². The molecule has 11 nitrogen and oxygen atoms in total. The van der Waals surface area contributed by atoms with Crippen molar-refractivity contribution in [1.82, 2.24) is 16.1 Å². The molecule has 0 radical (unpaired) electrons. The van der Waals surface area contributed by atoms with Crippen LogP contribution in [0.4, 0.5) is 4.79 Å². The minimum atomic E-state index is -1.39. The van der Waals surface area contributed by atoms with E-state index >= 15 is 0 Å². The number of alkyl carbamates (subject to hydrolysis) is 1. The molecule has 0 aliphatic heterocycles. The number of hydroxylamine groups is 1. The highest BCUT2D eigenvalue weighted by Crippen LogP contribution is 2.44. The second kappa shape index (κ2) is 11.8. The Morgan fingerprint density at radius 3 is 2.09 bits per heavy atom. The number of fused-ring (bicyclic) bond motifs is 3. The van der Waals surface area contributed by atoms with Crippen molar-refractivity contribution in [3.63, 3.8) is 0 Å². The first kappa shape index (κ1) is 24.7. The number of nitrogens with one attached hydrogen (secondary N) is 3. The van der Waals surface area contributed by atoms with E-state index in [4.69, 9.17) is 14.7 Å². The lowest BCUT2D eigenvalue weighted by Crippen LogP contribution is -2.44. The molecule has 3 amide bonds. The van der Waals surface area contributed by atoms with Crippen LogP contribution in [0, 0.1) is 0 Å². The molecule has 0 saturated heterocycles. The molecule has 11 heteroatoms. The van der Waals surface area contributed by atoms with Gasteiger partial charge in [-0.3, -0.25) is 14.4 Å². The number of carbonyl (C=O) groups is 4. The summed E-state index contributed by atoms with van der Waals surface area (Å²) in [6, 6.07) is 15.8. The third-order valence-corrected chi connectivity index (χ3v) is 5.09. The number of hydrogen-bond donors (Lipinski definition) is 4. The Labute approximate surface area is 195 Å². The Kier molecular flexibility index (Phi) is 8.54. The molecular weight excluding hydrogens is 446 g/mol. The van der Waals surface area contributed by atoms with Crippen LogP contribution in [0.1, 0.15) is 17.0 Å². The van der Waals surface area contributed by atoms with Crippen molar-refractivity contribution < 1.29 is 38.6 Å². The van der Waals surface area contributed by atoms with Crippen molar-refractivity contribution in [3.05, 3.63) is 59.7 Å². The number of carboxylic acid groups (broad SMARTS) is 1. The van der Waals surface area contributed by atoms with Crippen molar-refractivity contribution in [3.8, 4) is 11.1 Å². The number of rotatable bonds is 11. The lowest BCUT2D eigenvalue weighted by molar-refractivity contribution is -0.164. The molecule has 1 aliphatic carbocycles. The minimum absolute atomic E-state index is 0.105. The molecular formula is C23H25N3O8. The summed E-state index contributed by atoms with van der Waals surface area (Å²) in [5.74, 6) is -2.85. The molecule has 1 unspecified atom stereocenters. The molecule has 0 saturated carbocycles. The van der Waals surface area contributed by atoms with Crippen LogP contribution in [-0.4, -0.2) is 68.5 Å². The fourth-order valence-corrected chi connectivity index (χ4v) is 3.52. The Morgan fingerprint density at radius 1 is 0.912 bits per heavy atom. The predicted molar refractivity (Wildman–Crippen MR) is 119 cm³/mol. The van der Waals surface area contributed by atoms with E-state index in [1.807, 2.05) is 54.0 Å². The molecule has 0 aromatic heterocycles. The SMILES string of the molecule is COCC(ONC(=O)CNC(=O)CNC(=O)OCC1c2ccccc2-c2ccccc21)C(=O)O. The monoisotopic (exact) mass is 471 g/mol. The minimum Gasteiger partial charge on any atom is -0.479 e. The predicted octanol–water partition coefficient (Wildman–Crippen LogP) is 0.789. The van der Waals surface area contributed by atoms with Crippen molar-refractivity contribution in [2.24, 2.45) is 0 Å². The summed E-state index contributed by atoms with van der Waals surface area (Å²) in [5.41, 5.74) is 6.25. The standard InChI is InChI=1S/C23H25N3O8/c1-32-13-19(22(29)30)34-26-21(28)11-24-20(27)10-25-23(31)33-12-18-16-8-4-2-6-14(16)15-7-3-5-9-17(15)18/h2-9,18-19H,10-13H2,1H3,(H,24,27)(H,25,31)(H,26,28)(H,29,30). The molecule has 1 atom stereocenters. The number of carbonyl (C=O) groups excluding carboxylic acids is 3. The molecule has 3 rings (SSSR count). The summed E-state index contributed by atoms with van der Waals surface area (Å²) in [6.45, 7) is -1.06. The largest absolute Gasteiger partial charge is 0.479 e. The lowest BCUT2D eigenvalue weighted by atomic mass is 9.98. The van der Waals surface area contributed by atoms with E-state index < -0.39 is 43.1 Å². The van der Waals surface area contributed by atoms with Gasteiger partial charge in [0, 0.05) is 13.0 Å². The highest BCUT2D eigenvalue weighted by Gasteiger charge is 2.29. The molecule has 180 valence electrons. The third kappa shape index (κ3) is 6.30. The van der Waals surface area contributed by atoms with Crippen LogP contribution < -0.4 is 16.1 Å². The van der Waals surface area contributed by atoms with E-state index in [0.717, 1.165) is 22.3 Å². The lowest BCUT2D eigenvalue weighted by Gasteiger charge is -2.15. The maximum absolute atomic E-state index is 12.1. The van der Waals surface area contributed by atoms with Crippen molar-refractivity contribution in [1.29, 1.82) is 0 Å². The normalized spacial score (nSPS) is 12.7. The van der Waals surface area contributed by atoms with Crippen LogP contribution in [0.15, 0.2) is 48.5 Å². The van der Waals surface area contributed by atoms with E-state index in [1.54, 1.807) is 0 Å². The number of ether oxygens (including phenoxy) is 2. The van der Waals surface area contributed by atoms with Gasteiger partial charge in [0.15, 0.2) is 0 Å². The van der Waals surface area contributed by atoms with Crippen molar-refractivity contribution in [2.45, 2.75) is 12.0 Å². The van der Waals surface area contributed by atoms with Crippen LogP contribution in [0.25, 0.3) is 11.1 Å². The maximum Gasteiger partial charge on any atom is 0.407 e. The van der Waals surface area contributed by atoms with Crippen LogP contribution in [-0.2, 0) is 28.7 Å². The average Bonchev–Trinajstić information content (AvgIpc) is 3.16. The first-order chi connectivity index (χ1) is 16.4. The van der Waals surface area contributed by atoms with Crippen molar-refractivity contribution in [2.75, 3.05) is 33.4 Å². The third-order valence-electron chi connectivity index (χ3n) is 5.09. The Morgan fingerprint density at radius 2 is 1.50 bits per heavy atom. The fourth-order valence-electron chi connectivity index (χ4n) is 3.52.